The molecular weight excluding hydrogens is 1010 g/mol. The van der Waals surface area contributed by atoms with E-state index in [1.807, 2.05) is 0 Å². The molecule has 1 fully saturated rings. The largest absolute Gasteiger partial charge is 0.459 e. The summed E-state index contributed by atoms with van der Waals surface area (Å²) in [6.45, 7) is 4.41. The molecule has 0 unspecified atom stereocenters. The van der Waals surface area contributed by atoms with Crippen molar-refractivity contribution in [2.24, 2.45) is 0 Å². The Balaban J connectivity index is 1.33. The van der Waals surface area contributed by atoms with Gasteiger partial charge in [0.05, 0.1) is 41.5 Å². The molecule has 1 amide bonds. The van der Waals surface area contributed by atoms with Crippen LogP contribution >= 0.6 is 0 Å². The number of unbranched alkanes of at least 4 members (excludes halogenated alkanes) is 23. The third-order valence-corrected chi connectivity index (χ3v) is 14.5. The van der Waals surface area contributed by atoms with E-state index in [2.05, 4.69) is 19.2 Å². The van der Waals surface area contributed by atoms with Crippen LogP contribution in [-0.2, 0) is 38.0 Å². The van der Waals surface area contributed by atoms with Crippen LogP contribution in [0.3, 0.4) is 0 Å². The number of ether oxygens (including phenoxy) is 7. The van der Waals surface area contributed by atoms with Gasteiger partial charge in [0.2, 0.25) is 5.91 Å². The second kappa shape index (κ2) is 40.3. The molecule has 0 bridgehead atoms. The highest BCUT2D eigenvalue weighted by Crippen LogP contribution is 2.32. The molecule has 0 aromatic heterocycles. The number of amides is 1. The lowest BCUT2D eigenvalue weighted by Crippen LogP contribution is -2.63. The van der Waals surface area contributed by atoms with Gasteiger partial charge in [0, 0.05) is 13.0 Å². The van der Waals surface area contributed by atoms with Crippen LogP contribution < -0.4 is 5.32 Å². The Morgan fingerprint density at radius 1 is 0.425 bits per heavy atom. The van der Waals surface area contributed by atoms with Crippen molar-refractivity contribution in [1.82, 2.24) is 5.32 Å². The van der Waals surface area contributed by atoms with Crippen LogP contribution in [0.2, 0.25) is 0 Å². The average molecular weight is 1100 g/mol. The molecule has 4 aromatic carbocycles. The van der Waals surface area contributed by atoms with E-state index in [9.17, 15) is 24.0 Å². The van der Waals surface area contributed by atoms with E-state index in [1.54, 1.807) is 121 Å². The van der Waals surface area contributed by atoms with Crippen LogP contribution in [0.15, 0.2) is 121 Å². The van der Waals surface area contributed by atoms with Gasteiger partial charge in [-0.15, -0.1) is 0 Å². The van der Waals surface area contributed by atoms with Crippen molar-refractivity contribution in [2.45, 2.75) is 218 Å². The predicted octanol–water partition coefficient (Wildman–Crippen LogP) is 14.9. The number of hydrogen-bond acceptors (Lipinski definition) is 12. The van der Waals surface area contributed by atoms with Gasteiger partial charge in [-0.25, -0.2) is 19.2 Å². The lowest BCUT2D eigenvalue weighted by atomic mass is 9.97. The van der Waals surface area contributed by atoms with Crippen molar-refractivity contribution in [1.29, 1.82) is 0 Å². The fourth-order valence-corrected chi connectivity index (χ4v) is 9.88. The molecule has 0 aliphatic carbocycles. The van der Waals surface area contributed by atoms with Crippen molar-refractivity contribution in [3.8, 4) is 0 Å². The Morgan fingerprint density at radius 2 is 0.787 bits per heavy atom. The molecule has 1 N–H and O–H groups in total. The maximum Gasteiger partial charge on any atom is 0.338 e. The standard InChI is InChI=1S/C67H93NO12/c1-3-5-7-9-11-13-15-16-17-18-19-20-22-24-38-48-59(69)68-57(50-74-49-39-25-23-21-14-12-10-8-6-4-2)51-76-67-62(80-66(73)56-46-36-29-37-47-56)61(79-65(72)55-44-34-28-35-45-55)60(78-64(71)54-42-32-27-33-43-54)58(77-67)52-75-63(70)53-40-30-26-31-41-53/h26-37,40-47,57-58,60-62,67H,3-25,38-39,48-52H2,1-2H3,(H,68,69)/t57-,58-,60+,61+,62-,67-/m1/s1. The zero-order valence-corrected chi connectivity index (χ0v) is 48.1. The van der Waals surface area contributed by atoms with Crippen LogP contribution in [0.4, 0.5) is 0 Å². The molecule has 5 rings (SSSR count). The fraction of sp³-hybridized carbons (Fsp3) is 0.567. The molecule has 1 aliphatic rings. The number of rotatable bonds is 42. The average Bonchev–Trinajstić information content (AvgIpc) is 3.50. The van der Waals surface area contributed by atoms with Crippen LogP contribution in [0.5, 0.6) is 0 Å². The Hall–Kier alpha value is -5.89. The van der Waals surface area contributed by atoms with E-state index < -0.39 is 67.2 Å². The molecular formula is C67H93NO12. The highest BCUT2D eigenvalue weighted by Gasteiger charge is 2.54. The SMILES string of the molecule is CCCCCCCCCCCCCCCCCC(=O)N[C@H](COCCCCCCCCCCCC)CO[C@@H]1O[C@H](COC(=O)c2ccccc2)[C@H](OC(=O)c2ccccc2)[C@H](OC(=O)c2ccccc2)[C@H]1OC(=O)c1ccccc1. The van der Waals surface area contributed by atoms with E-state index in [-0.39, 0.29) is 41.4 Å². The summed E-state index contributed by atoms with van der Waals surface area (Å²) in [5, 5.41) is 3.14. The summed E-state index contributed by atoms with van der Waals surface area (Å²) in [6, 6.07) is 32.4. The van der Waals surface area contributed by atoms with E-state index in [1.165, 1.54) is 116 Å². The van der Waals surface area contributed by atoms with Crippen molar-refractivity contribution in [2.75, 3.05) is 26.4 Å². The molecule has 6 atom stereocenters. The smallest absolute Gasteiger partial charge is 0.338 e. The van der Waals surface area contributed by atoms with Gasteiger partial charge in [-0.2, -0.15) is 0 Å². The van der Waals surface area contributed by atoms with Crippen molar-refractivity contribution in [3.05, 3.63) is 144 Å². The number of benzene rings is 4. The summed E-state index contributed by atoms with van der Waals surface area (Å²) in [5.74, 6) is -3.26. The van der Waals surface area contributed by atoms with Crippen molar-refractivity contribution in [3.63, 3.8) is 0 Å². The summed E-state index contributed by atoms with van der Waals surface area (Å²) >= 11 is 0. The van der Waals surface area contributed by atoms with Gasteiger partial charge in [-0.05, 0) is 61.4 Å². The van der Waals surface area contributed by atoms with E-state index >= 15 is 0 Å². The van der Waals surface area contributed by atoms with E-state index in [0.717, 1.165) is 44.9 Å². The molecule has 0 spiro atoms. The van der Waals surface area contributed by atoms with Crippen LogP contribution in [0.1, 0.15) is 222 Å². The lowest BCUT2D eigenvalue weighted by molar-refractivity contribution is -0.299. The molecule has 1 aliphatic heterocycles. The summed E-state index contributed by atoms with van der Waals surface area (Å²) in [5.41, 5.74) is 0.788. The first-order valence-corrected chi connectivity index (χ1v) is 30.4. The molecule has 4 aromatic rings. The topological polar surface area (TPSA) is 162 Å². The van der Waals surface area contributed by atoms with Gasteiger partial charge < -0.3 is 38.5 Å². The molecule has 80 heavy (non-hydrogen) atoms. The summed E-state index contributed by atoms with van der Waals surface area (Å²) in [6.07, 6.45) is 23.0. The van der Waals surface area contributed by atoms with Crippen molar-refractivity contribution < 1.29 is 57.1 Å². The first-order chi connectivity index (χ1) is 39.3. The number of carbonyl (C=O) groups excluding carboxylic acids is 5. The molecule has 1 heterocycles. The Kier molecular flexibility index (Phi) is 32.7. The Labute approximate surface area is 477 Å². The van der Waals surface area contributed by atoms with E-state index in [0.29, 0.717) is 13.0 Å². The quantitative estimate of drug-likeness (QED) is 0.0254. The molecule has 0 saturated carbocycles. The maximum absolute atomic E-state index is 14.2. The van der Waals surface area contributed by atoms with E-state index in [4.69, 9.17) is 33.2 Å². The maximum atomic E-state index is 14.2. The second-order valence-electron chi connectivity index (χ2n) is 21.3. The number of hydrogen-bond donors (Lipinski definition) is 1. The van der Waals surface area contributed by atoms with Crippen LogP contribution in [0, 0.1) is 0 Å². The molecule has 13 heteroatoms. The Bertz CT molecular complexity index is 2280. The molecule has 0 radical (unpaired) electrons. The minimum Gasteiger partial charge on any atom is -0.459 e. The van der Waals surface area contributed by atoms with Gasteiger partial charge in [0.25, 0.3) is 0 Å². The minimum atomic E-state index is -1.59. The molecule has 1 saturated heterocycles. The third kappa shape index (κ3) is 25.7. The first kappa shape index (κ1) is 64.9. The molecule has 438 valence electrons. The predicted molar refractivity (Wildman–Crippen MR) is 312 cm³/mol. The van der Waals surface area contributed by atoms with Crippen LogP contribution in [-0.4, -0.2) is 93.0 Å². The second-order valence-corrected chi connectivity index (χ2v) is 21.3. The number of nitrogens with one attached hydrogen (secondary N) is 1. The zero-order valence-electron chi connectivity index (χ0n) is 48.1. The highest BCUT2D eigenvalue weighted by molar-refractivity contribution is 5.91. The van der Waals surface area contributed by atoms with Gasteiger partial charge in [-0.1, -0.05) is 234 Å². The first-order valence-electron chi connectivity index (χ1n) is 30.4. The van der Waals surface area contributed by atoms with Gasteiger partial charge in [-0.3, -0.25) is 4.79 Å². The molecule has 13 nitrogen and oxygen atoms in total. The highest BCUT2D eigenvalue weighted by atomic mass is 16.7. The monoisotopic (exact) mass is 1100 g/mol. The van der Waals surface area contributed by atoms with Crippen LogP contribution in [0.25, 0.3) is 0 Å². The Morgan fingerprint density at radius 3 is 1.21 bits per heavy atom. The summed E-state index contributed by atoms with van der Waals surface area (Å²) in [7, 11) is 0. The van der Waals surface area contributed by atoms with Gasteiger partial charge in [0.1, 0.15) is 12.7 Å². The lowest BCUT2D eigenvalue weighted by Gasteiger charge is -2.44. The van der Waals surface area contributed by atoms with Crippen molar-refractivity contribution >= 4 is 29.8 Å². The number of carbonyl (C=O) groups is 5. The number of esters is 4. The summed E-state index contributed by atoms with van der Waals surface area (Å²) in [4.78, 5) is 69.6. The van der Waals surface area contributed by atoms with Gasteiger partial charge >= 0.3 is 23.9 Å². The fourth-order valence-electron chi connectivity index (χ4n) is 9.88. The minimum absolute atomic E-state index is 0.116. The zero-order chi connectivity index (χ0) is 56.7. The normalized spacial score (nSPS) is 17.2. The van der Waals surface area contributed by atoms with Gasteiger partial charge in [0.15, 0.2) is 24.6 Å². The third-order valence-electron chi connectivity index (χ3n) is 14.5. The summed E-state index contributed by atoms with van der Waals surface area (Å²) < 4.78 is 44.0.